The molecule has 0 aliphatic heterocycles. The molecular formula is C12H18N4S. The zero-order chi connectivity index (χ0) is 12.3. The van der Waals surface area contributed by atoms with Gasteiger partial charge in [0.05, 0.1) is 22.7 Å². The highest BCUT2D eigenvalue weighted by atomic mass is 32.1. The van der Waals surface area contributed by atoms with Gasteiger partial charge in [-0.1, -0.05) is 0 Å². The summed E-state index contributed by atoms with van der Waals surface area (Å²) in [7, 11) is 0. The molecule has 0 aromatic carbocycles. The van der Waals surface area contributed by atoms with Crippen molar-refractivity contribution in [3.05, 3.63) is 34.3 Å². The molecule has 2 aromatic rings. The van der Waals surface area contributed by atoms with Gasteiger partial charge in [-0.05, 0) is 20.8 Å². The minimum absolute atomic E-state index is 0.454. The topological polar surface area (TPSA) is 42.7 Å². The molecule has 0 amide bonds. The number of hydrogen-bond acceptors (Lipinski definition) is 4. The lowest BCUT2D eigenvalue weighted by Gasteiger charge is -2.11. The minimum atomic E-state index is 0.454. The molecule has 0 radical (unpaired) electrons. The van der Waals surface area contributed by atoms with Crippen LogP contribution in [-0.4, -0.2) is 14.5 Å². The molecule has 2 rings (SSSR count). The summed E-state index contributed by atoms with van der Waals surface area (Å²) in [4.78, 5) is 8.60. The summed E-state index contributed by atoms with van der Waals surface area (Å²) in [5.41, 5.74) is 2.33. The van der Waals surface area contributed by atoms with E-state index in [-0.39, 0.29) is 0 Å². The zero-order valence-corrected chi connectivity index (χ0v) is 11.3. The first-order valence-electron chi connectivity index (χ1n) is 5.79. The molecule has 4 nitrogen and oxygen atoms in total. The largest absolute Gasteiger partial charge is 0.331 e. The first-order valence-corrected chi connectivity index (χ1v) is 6.67. The van der Waals surface area contributed by atoms with Gasteiger partial charge < -0.3 is 9.88 Å². The molecule has 0 fully saturated rings. The number of aromatic nitrogens is 3. The number of nitrogens with zero attached hydrogens (tertiary/aromatic N) is 3. The maximum Gasteiger partial charge on any atom is 0.0951 e. The lowest BCUT2D eigenvalue weighted by atomic mass is 10.3. The first-order chi connectivity index (χ1) is 8.16. The summed E-state index contributed by atoms with van der Waals surface area (Å²) >= 11 is 1.69. The van der Waals surface area contributed by atoms with E-state index >= 15 is 0 Å². The third-order valence-electron chi connectivity index (χ3n) is 2.58. The van der Waals surface area contributed by atoms with Gasteiger partial charge in [-0.25, -0.2) is 9.97 Å². The fourth-order valence-electron chi connectivity index (χ4n) is 1.74. The second-order valence-corrected chi connectivity index (χ2v) is 5.41. The predicted molar refractivity (Wildman–Crippen MR) is 70.0 cm³/mol. The number of thiazole rings is 1. The van der Waals surface area contributed by atoms with Crippen molar-refractivity contribution < 1.29 is 0 Å². The summed E-state index contributed by atoms with van der Waals surface area (Å²) in [6, 6.07) is 0.454. The summed E-state index contributed by atoms with van der Waals surface area (Å²) in [6.07, 6.45) is 3.80. The number of rotatable bonds is 5. The Morgan fingerprint density at radius 3 is 2.88 bits per heavy atom. The van der Waals surface area contributed by atoms with Crippen LogP contribution in [0.15, 0.2) is 17.9 Å². The molecule has 2 aromatic heterocycles. The van der Waals surface area contributed by atoms with Gasteiger partial charge in [-0.15, -0.1) is 11.3 Å². The van der Waals surface area contributed by atoms with E-state index in [0.29, 0.717) is 6.04 Å². The van der Waals surface area contributed by atoms with E-state index in [2.05, 4.69) is 39.1 Å². The van der Waals surface area contributed by atoms with Gasteiger partial charge in [-0.2, -0.15) is 0 Å². The molecule has 17 heavy (non-hydrogen) atoms. The molecule has 0 spiro atoms. The van der Waals surface area contributed by atoms with Crippen LogP contribution < -0.4 is 5.32 Å². The minimum Gasteiger partial charge on any atom is -0.331 e. The van der Waals surface area contributed by atoms with E-state index in [1.165, 1.54) is 5.69 Å². The molecule has 0 saturated carbocycles. The summed E-state index contributed by atoms with van der Waals surface area (Å²) < 4.78 is 2.18. The second-order valence-electron chi connectivity index (χ2n) is 4.35. The number of imidazole rings is 1. The lowest BCUT2D eigenvalue weighted by molar-refractivity contribution is 0.549. The van der Waals surface area contributed by atoms with Crippen molar-refractivity contribution in [2.45, 2.75) is 39.9 Å². The molecule has 0 bridgehead atoms. The maximum absolute atomic E-state index is 4.42. The van der Waals surface area contributed by atoms with E-state index in [1.54, 1.807) is 11.3 Å². The van der Waals surface area contributed by atoms with Crippen LogP contribution in [0.1, 0.15) is 36.3 Å². The van der Waals surface area contributed by atoms with Crippen LogP contribution >= 0.6 is 11.3 Å². The highest BCUT2D eigenvalue weighted by molar-refractivity contribution is 7.09. The van der Waals surface area contributed by atoms with Crippen LogP contribution in [0.2, 0.25) is 0 Å². The van der Waals surface area contributed by atoms with E-state index < -0.39 is 0 Å². The fourth-order valence-corrected chi connectivity index (χ4v) is 2.35. The van der Waals surface area contributed by atoms with Gasteiger partial charge in [0.15, 0.2) is 0 Å². The second kappa shape index (κ2) is 5.42. The number of aryl methyl sites for hydroxylation is 1. The van der Waals surface area contributed by atoms with Crippen molar-refractivity contribution in [2.75, 3.05) is 0 Å². The average Bonchev–Trinajstić information content (AvgIpc) is 2.87. The zero-order valence-electron chi connectivity index (χ0n) is 10.5. The Kier molecular flexibility index (Phi) is 3.91. The van der Waals surface area contributed by atoms with Crippen molar-refractivity contribution in [2.24, 2.45) is 0 Å². The Labute approximate surface area is 106 Å². The normalized spacial score (nSPS) is 11.3. The van der Waals surface area contributed by atoms with Gasteiger partial charge >= 0.3 is 0 Å². The third-order valence-corrected chi connectivity index (χ3v) is 3.40. The van der Waals surface area contributed by atoms with Crippen molar-refractivity contribution in [1.29, 1.82) is 0 Å². The molecule has 0 saturated heterocycles. The Morgan fingerprint density at radius 1 is 1.41 bits per heavy atom. The maximum atomic E-state index is 4.42. The van der Waals surface area contributed by atoms with Crippen molar-refractivity contribution >= 4 is 11.3 Å². The summed E-state index contributed by atoms with van der Waals surface area (Å²) in [5.74, 6) is 0. The first kappa shape index (κ1) is 12.3. The van der Waals surface area contributed by atoms with E-state index in [4.69, 9.17) is 0 Å². The van der Waals surface area contributed by atoms with Gasteiger partial charge in [0, 0.05) is 30.7 Å². The van der Waals surface area contributed by atoms with Gasteiger partial charge in [0.25, 0.3) is 0 Å². The van der Waals surface area contributed by atoms with Crippen molar-refractivity contribution in [1.82, 2.24) is 19.9 Å². The lowest BCUT2D eigenvalue weighted by Crippen LogP contribution is -2.16. The Hall–Kier alpha value is -1.20. The van der Waals surface area contributed by atoms with E-state index in [1.807, 2.05) is 19.4 Å². The van der Waals surface area contributed by atoms with Crippen LogP contribution in [0.4, 0.5) is 0 Å². The Bertz CT molecular complexity index is 472. The predicted octanol–water partition coefficient (Wildman–Crippen LogP) is 2.52. The van der Waals surface area contributed by atoms with E-state index in [0.717, 1.165) is 23.8 Å². The number of nitrogens with one attached hydrogen (secondary N) is 1. The fraction of sp³-hybridized carbons (Fsp3) is 0.500. The van der Waals surface area contributed by atoms with Crippen molar-refractivity contribution in [3.63, 3.8) is 0 Å². The van der Waals surface area contributed by atoms with Crippen LogP contribution in [0.5, 0.6) is 0 Å². The molecular weight excluding hydrogens is 232 g/mol. The van der Waals surface area contributed by atoms with Crippen LogP contribution in [0.25, 0.3) is 0 Å². The summed E-state index contributed by atoms with van der Waals surface area (Å²) in [6.45, 7) is 7.99. The third kappa shape index (κ3) is 3.14. The molecule has 0 atom stereocenters. The average molecular weight is 250 g/mol. The SMILES string of the molecule is Cc1nc(CNCc2cncn2C(C)C)cs1. The van der Waals surface area contributed by atoms with Crippen molar-refractivity contribution in [3.8, 4) is 0 Å². The monoisotopic (exact) mass is 250 g/mol. The molecule has 0 unspecified atom stereocenters. The highest BCUT2D eigenvalue weighted by Crippen LogP contribution is 2.10. The van der Waals surface area contributed by atoms with Crippen LogP contribution in [0, 0.1) is 6.92 Å². The highest BCUT2D eigenvalue weighted by Gasteiger charge is 2.05. The van der Waals surface area contributed by atoms with Gasteiger partial charge in [0.1, 0.15) is 0 Å². The Morgan fingerprint density at radius 2 is 2.24 bits per heavy atom. The van der Waals surface area contributed by atoms with E-state index in [9.17, 15) is 0 Å². The van der Waals surface area contributed by atoms with Gasteiger partial charge in [0.2, 0.25) is 0 Å². The number of hydrogen-bond donors (Lipinski definition) is 1. The molecule has 0 aliphatic rings. The smallest absolute Gasteiger partial charge is 0.0951 e. The quantitative estimate of drug-likeness (QED) is 0.886. The molecule has 0 aliphatic carbocycles. The molecule has 92 valence electrons. The Balaban J connectivity index is 1.88. The van der Waals surface area contributed by atoms with Gasteiger partial charge in [-0.3, -0.25) is 0 Å². The molecule has 5 heteroatoms. The molecule has 1 N–H and O–H groups in total. The molecule has 2 heterocycles. The van der Waals surface area contributed by atoms with Crippen LogP contribution in [0.3, 0.4) is 0 Å². The standard InChI is InChI=1S/C12H18N4S/c1-9(2)16-8-14-6-12(16)5-13-4-11-7-17-10(3)15-11/h6-9,13H,4-5H2,1-3H3. The van der Waals surface area contributed by atoms with Crippen LogP contribution in [-0.2, 0) is 13.1 Å². The summed E-state index contributed by atoms with van der Waals surface area (Å²) in [5, 5.41) is 6.61.